The number of aliphatic carboxylic acids is 1. The Balaban J connectivity index is 3.35. The molecule has 16 heavy (non-hydrogen) atoms. The second-order valence-corrected chi connectivity index (χ2v) is 4.20. The van der Waals surface area contributed by atoms with Gasteiger partial charge in [0.2, 0.25) is 0 Å². The van der Waals surface area contributed by atoms with Gasteiger partial charge in [-0.25, -0.2) is 8.78 Å². The summed E-state index contributed by atoms with van der Waals surface area (Å²) >= 11 is 0. The predicted octanol–water partition coefficient (Wildman–Crippen LogP) is 3.10. The van der Waals surface area contributed by atoms with Gasteiger partial charge in [0, 0.05) is 5.56 Å². The molecule has 1 aromatic carbocycles. The molecule has 0 amide bonds. The fraction of sp³-hybridized carbons (Fsp3) is 0.417. The van der Waals surface area contributed by atoms with Crippen LogP contribution in [0.25, 0.3) is 0 Å². The molecule has 1 aromatic rings. The number of hydrogen-bond donors (Lipinski definition) is 1. The third-order valence-electron chi connectivity index (χ3n) is 2.47. The van der Waals surface area contributed by atoms with Crippen LogP contribution in [0.4, 0.5) is 8.78 Å². The highest BCUT2D eigenvalue weighted by molar-refractivity contribution is 5.76. The minimum absolute atomic E-state index is 0.354. The van der Waals surface area contributed by atoms with Gasteiger partial charge >= 0.3 is 5.97 Å². The Bertz CT molecular complexity index is 390. The van der Waals surface area contributed by atoms with Gasteiger partial charge in [-0.05, 0) is 30.5 Å². The summed E-state index contributed by atoms with van der Waals surface area (Å²) in [4.78, 5) is 11.0. The fourth-order valence-electron chi connectivity index (χ4n) is 1.75. The number of carboxylic acids is 1. The zero-order chi connectivity index (χ0) is 12.5. The Kier molecular flexibility index (Phi) is 3.62. The summed E-state index contributed by atoms with van der Waals surface area (Å²) in [5.74, 6) is -4.32. The van der Waals surface area contributed by atoms with E-state index in [9.17, 15) is 13.6 Å². The summed E-state index contributed by atoms with van der Waals surface area (Å²) in [6.07, 6.45) is 0. The molecule has 1 atom stereocenters. The zero-order valence-electron chi connectivity index (χ0n) is 9.42. The van der Waals surface area contributed by atoms with E-state index in [2.05, 4.69) is 0 Å². The molecule has 0 spiro atoms. The Labute approximate surface area is 92.9 Å². The molecule has 0 fully saturated rings. The van der Waals surface area contributed by atoms with Crippen LogP contribution in [0.15, 0.2) is 12.1 Å². The molecule has 0 saturated heterocycles. The first-order chi connectivity index (χ1) is 7.34. The van der Waals surface area contributed by atoms with Crippen LogP contribution in [0, 0.1) is 24.5 Å². The van der Waals surface area contributed by atoms with E-state index >= 15 is 0 Å². The first-order valence-electron chi connectivity index (χ1n) is 5.03. The molecular formula is C12H14F2O2. The van der Waals surface area contributed by atoms with Crippen molar-refractivity contribution in [3.63, 3.8) is 0 Å². The van der Waals surface area contributed by atoms with E-state index < -0.39 is 23.5 Å². The van der Waals surface area contributed by atoms with Crippen molar-refractivity contribution in [3.05, 3.63) is 34.9 Å². The largest absolute Gasteiger partial charge is 0.481 e. The molecule has 0 aliphatic carbocycles. The Morgan fingerprint density at radius 2 is 1.69 bits per heavy atom. The number of rotatable bonds is 3. The Morgan fingerprint density at radius 1 is 1.25 bits per heavy atom. The average molecular weight is 228 g/mol. The van der Waals surface area contributed by atoms with Gasteiger partial charge in [0.1, 0.15) is 11.6 Å². The van der Waals surface area contributed by atoms with E-state index in [1.807, 2.05) is 0 Å². The predicted molar refractivity (Wildman–Crippen MR) is 56.3 cm³/mol. The van der Waals surface area contributed by atoms with Crippen molar-refractivity contribution in [3.8, 4) is 0 Å². The van der Waals surface area contributed by atoms with Crippen molar-refractivity contribution >= 4 is 5.97 Å². The molecule has 1 unspecified atom stereocenters. The van der Waals surface area contributed by atoms with E-state index in [4.69, 9.17) is 5.11 Å². The number of carboxylic acid groups (broad SMARTS) is 1. The van der Waals surface area contributed by atoms with Crippen LogP contribution >= 0.6 is 0 Å². The van der Waals surface area contributed by atoms with Crippen molar-refractivity contribution in [2.24, 2.45) is 5.92 Å². The van der Waals surface area contributed by atoms with E-state index in [1.165, 1.54) is 0 Å². The SMILES string of the molecule is Cc1cc(F)c(C(C(=O)O)C(C)C)c(F)c1. The maximum Gasteiger partial charge on any atom is 0.311 e. The number of halogens is 2. The topological polar surface area (TPSA) is 37.3 Å². The summed E-state index contributed by atoms with van der Waals surface area (Å²) in [5, 5.41) is 8.98. The molecule has 0 saturated carbocycles. The zero-order valence-corrected chi connectivity index (χ0v) is 9.42. The first kappa shape index (κ1) is 12.6. The average Bonchev–Trinajstić information content (AvgIpc) is 2.09. The van der Waals surface area contributed by atoms with Crippen LogP contribution < -0.4 is 0 Å². The van der Waals surface area contributed by atoms with Crippen molar-refractivity contribution in [2.45, 2.75) is 26.7 Å². The van der Waals surface area contributed by atoms with Crippen LogP contribution in [0.2, 0.25) is 0 Å². The second kappa shape index (κ2) is 4.60. The van der Waals surface area contributed by atoms with E-state index in [-0.39, 0.29) is 11.5 Å². The first-order valence-corrected chi connectivity index (χ1v) is 5.03. The second-order valence-electron chi connectivity index (χ2n) is 4.20. The van der Waals surface area contributed by atoms with Gasteiger partial charge in [-0.15, -0.1) is 0 Å². The monoisotopic (exact) mass is 228 g/mol. The Morgan fingerprint density at radius 3 is 2.00 bits per heavy atom. The maximum atomic E-state index is 13.6. The van der Waals surface area contributed by atoms with E-state index in [1.54, 1.807) is 20.8 Å². The third-order valence-corrected chi connectivity index (χ3v) is 2.47. The van der Waals surface area contributed by atoms with Gasteiger partial charge in [0.25, 0.3) is 0 Å². The standard InChI is InChI=1S/C12H14F2O2/c1-6(2)10(12(15)16)11-8(13)4-7(3)5-9(11)14/h4-6,10H,1-3H3,(H,15,16). The number of carbonyl (C=O) groups is 1. The maximum absolute atomic E-state index is 13.6. The molecule has 0 bridgehead atoms. The van der Waals surface area contributed by atoms with Gasteiger partial charge in [-0.2, -0.15) is 0 Å². The molecule has 0 aromatic heterocycles. The minimum Gasteiger partial charge on any atom is -0.481 e. The number of aryl methyl sites for hydroxylation is 1. The molecule has 1 rings (SSSR count). The molecule has 88 valence electrons. The number of hydrogen-bond acceptors (Lipinski definition) is 1. The molecule has 1 N–H and O–H groups in total. The molecule has 0 heterocycles. The lowest BCUT2D eigenvalue weighted by atomic mass is 9.87. The van der Waals surface area contributed by atoms with Crippen molar-refractivity contribution in [2.75, 3.05) is 0 Å². The lowest BCUT2D eigenvalue weighted by Crippen LogP contribution is -2.20. The quantitative estimate of drug-likeness (QED) is 0.863. The van der Waals surface area contributed by atoms with Crippen molar-refractivity contribution < 1.29 is 18.7 Å². The highest BCUT2D eigenvalue weighted by Gasteiger charge is 2.29. The third kappa shape index (κ3) is 2.38. The minimum atomic E-state index is -1.21. The summed E-state index contributed by atoms with van der Waals surface area (Å²) in [6, 6.07) is 2.30. The van der Waals surface area contributed by atoms with Crippen LogP contribution in [0.1, 0.15) is 30.9 Å². The van der Waals surface area contributed by atoms with Crippen molar-refractivity contribution in [1.29, 1.82) is 0 Å². The fourth-order valence-corrected chi connectivity index (χ4v) is 1.75. The molecule has 4 heteroatoms. The summed E-state index contributed by atoms with van der Waals surface area (Å²) in [5.41, 5.74) is 0.0831. The van der Waals surface area contributed by atoms with Crippen LogP contribution in [0.3, 0.4) is 0 Å². The Hall–Kier alpha value is -1.45. The highest BCUT2D eigenvalue weighted by Crippen LogP contribution is 2.30. The van der Waals surface area contributed by atoms with E-state index in [0.717, 1.165) is 12.1 Å². The van der Waals surface area contributed by atoms with E-state index in [0.29, 0.717) is 5.56 Å². The van der Waals surface area contributed by atoms with Gasteiger partial charge in [0.15, 0.2) is 0 Å². The molecular weight excluding hydrogens is 214 g/mol. The highest BCUT2D eigenvalue weighted by atomic mass is 19.1. The van der Waals surface area contributed by atoms with Crippen LogP contribution in [-0.4, -0.2) is 11.1 Å². The van der Waals surface area contributed by atoms with Crippen LogP contribution in [0.5, 0.6) is 0 Å². The molecule has 0 radical (unpaired) electrons. The summed E-state index contributed by atoms with van der Waals surface area (Å²) in [7, 11) is 0. The van der Waals surface area contributed by atoms with Gasteiger partial charge in [0.05, 0.1) is 5.92 Å². The smallest absolute Gasteiger partial charge is 0.311 e. The van der Waals surface area contributed by atoms with Crippen molar-refractivity contribution in [1.82, 2.24) is 0 Å². The summed E-state index contributed by atoms with van der Waals surface area (Å²) in [6.45, 7) is 4.80. The lowest BCUT2D eigenvalue weighted by Gasteiger charge is -2.18. The summed E-state index contributed by atoms with van der Waals surface area (Å²) < 4.78 is 27.2. The van der Waals surface area contributed by atoms with Gasteiger partial charge in [-0.3, -0.25) is 4.79 Å². The van der Waals surface area contributed by atoms with Gasteiger partial charge < -0.3 is 5.11 Å². The van der Waals surface area contributed by atoms with Crippen LogP contribution in [-0.2, 0) is 4.79 Å². The molecule has 2 nitrogen and oxygen atoms in total. The van der Waals surface area contributed by atoms with Gasteiger partial charge in [-0.1, -0.05) is 13.8 Å². The molecule has 0 aliphatic heterocycles. The lowest BCUT2D eigenvalue weighted by molar-refractivity contribution is -0.140. The number of benzene rings is 1. The molecule has 0 aliphatic rings. The normalized spacial score (nSPS) is 12.9.